The Kier molecular flexibility index (Phi) is 5.49. The first-order valence-corrected chi connectivity index (χ1v) is 7.28. The van der Waals surface area contributed by atoms with E-state index in [-0.39, 0.29) is 11.7 Å². The molecule has 2 aromatic carbocycles. The fourth-order valence-corrected chi connectivity index (χ4v) is 2.19. The van der Waals surface area contributed by atoms with Gasteiger partial charge in [-0.05, 0) is 42.0 Å². The minimum atomic E-state index is -4.71. The summed E-state index contributed by atoms with van der Waals surface area (Å²) < 4.78 is 40.9. The van der Waals surface area contributed by atoms with Crippen molar-refractivity contribution < 1.29 is 17.9 Å². The number of benzene rings is 2. The minimum absolute atomic E-state index is 0.162. The molecule has 0 fully saturated rings. The van der Waals surface area contributed by atoms with E-state index in [1.165, 1.54) is 24.3 Å². The molecule has 122 valence electrons. The van der Waals surface area contributed by atoms with Crippen LogP contribution in [0.25, 0.3) is 0 Å². The number of nitrogens with zero attached hydrogens (tertiary/aromatic N) is 1. The molecule has 0 spiro atoms. The van der Waals surface area contributed by atoms with E-state index in [1.807, 2.05) is 24.3 Å². The standard InChI is InChI=1S/C15H13BrF3N3O/c16-11-3-1-2-10(8-11)9-21-14(20)22-12-4-6-13(7-5-12)23-15(17,18)19/h1-8H,9H2,(H3,20,21,22). The first-order valence-electron chi connectivity index (χ1n) is 6.49. The maximum Gasteiger partial charge on any atom is 0.573 e. The average molecular weight is 388 g/mol. The Morgan fingerprint density at radius 3 is 2.48 bits per heavy atom. The fraction of sp³-hybridized carbons (Fsp3) is 0.133. The second kappa shape index (κ2) is 7.36. The van der Waals surface area contributed by atoms with Crippen molar-refractivity contribution in [3.63, 3.8) is 0 Å². The summed E-state index contributed by atoms with van der Waals surface area (Å²) in [5, 5.41) is 2.80. The summed E-state index contributed by atoms with van der Waals surface area (Å²) in [6.07, 6.45) is -4.71. The number of nitrogens with one attached hydrogen (secondary N) is 1. The lowest BCUT2D eigenvalue weighted by Gasteiger charge is -2.10. The third kappa shape index (κ3) is 6.19. The van der Waals surface area contributed by atoms with Gasteiger partial charge in [0, 0.05) is 10.2 Å². The highest BCUT2D eigenvalue weighted by molar-refractivity contribution is 9.10. The summed E-state index contributed by atoms with van der Waals surface area (Å²) in [4.78, 5) is 4.16. The summed E-state index contributed by atoms with van der Waals surface area (Å²) in [7, 11) is 0. The summed E-state index contributed by atoms with van der Waals surface area (Å²) in [5.41, 5.74) is 7.23. The number of hydrogen-bond acceptors (Lipinski definition) is 2. The molecule has 0 aromatic heterocycles. The normalized spacial score (nSPS) is 12.1. The Balaban J connectivity index is 1.94. The molecular weight excluding hydrogens is 375 g/mol. The maximum atomic E-state index is 12.1. The van der Waals surface area contributed by atoms with Crippen LogP contribution in [0.1, 0.15) is 5.56 Å². The van der Waals surface area contributed by atoms with Crippen molar-refractivity contribution in [2.75, 3.05) is 5.32 Å². The van der Waals surface area contributed by atoms with Crippen LogP contribution in [0, 0.1) is 0 Å². The summed E-state index contributed by atoms with van der Waals surface area (Å²) in [5.74, 6) is -0.137. The highest BCUT2D eigenvalue weighted by atomic mass is 79.9. The van der Waals surface area contributed by atoms with Crippen molar-refractivity contribution in [2.24, 2.45) is 10.7 Å². The molecule has 23 heavy (non-hydrogen) atoms. The number of hydrogen-bond donors (Lipinski definition) is 2. The van der Waals surface area contributed by atoms with Crippen LogP contribution in [0.4, 0.5) is 18.9 Å². The Morgan fingerprint density at radius 2 is 1.87 bits per heavy atom. The first-order chi connectivity index (χ1) is 10.8. The SMILES string of the molecule is NC(=NCc1cccc(Br)c1)Nc1ccc(OC(F)(F)F)cc1. The van der Waals surface area contributed by atoms with E-state index in [0.717, 1.165) is 10.0 Å². The molecule has 0 saturated heterocycles. The number of rotatable bonds is 4. The van der Waals surface area contributed by atoms with Crippen LogP contribution in [-0.2, 0) is 6.54 Å². The van der Waals surface area contributed by atoms with Crippen LogP contribution in [0.3, 0.4) is 0 Å². The lowest BCUT2D eigenvalue weighted by atomic mass is 10.2. The smallest absolute Gasteiger partial charge is 0.406 e. The lowest BCUT2D eigenvalue weighted by Crippen LogP contribution is -2.22. The van der Waals surface area contributed by atoms with Gasteiger partial charge in [0.25, 0.3) is 0 Å². The van der Waals surface area contributed by atoms with E-state index >= 15 is 0 Å². The largest absolute Gasteiger partial charge is 0.573 e. The molecule has 0 unspecified atom stereocenters. The average Bonchev–Trinajstić information content (AvgIpc) is 2.46. The molecule has 0 amide bonds. The van der Waals surface area contributed by atoms with Gasteiger partial charge in [-0.2, -0.15) is 0 Å². The number of anilines is 1. The number of alkyl halides is 3. The van der Waals surface area contributed by atoms with E-state index in [1.54, 1.807) is 0 Å². The zero-order chi connectivity index (χ0) is 16.9. The molecule has 3 N–H and O–H groups in total. The van der Waals surface area contributed by atoms with Crippen LogP contribution in [0.5, 0.6) is 5.75 Å². The number of nitrogens with two attached hydrogens (primary N) is 1. The van der Waals surface area contributed by atoms with Gasteiger partial charge in [-0.3, -0.25) is 0 Å². The van der Waals surface area contributed by atoms with E-state index < -0.39 is 6.36 Å². The molecule has 4 nitrogen and oxygen atoms in total. The molecule has 0 radical (unpaired) electrons. The molecule has 0 atom stereocenters. The van der Waals surface area contributed by atoms with E-state index in [9.17, 15) is 13.2 Å². The van der Waals surface area contributed by atoms with Crippen LogP contribution < -0.4 is 15.8 Å². The predicted octanol–water partition coefficient (Wildman–Crippen LogP) is 4.27. The number of aliphatic imine (C=N–C) groups is 1. The third-order valence-electron chi connectivity index (χ3n) is 2.68. The molecule has 8 heteroatoms. The zero-order valence-corrected chi connectivity index (χ0v) is 13.4. The predicted molar refractivity (Wildman–Crippen MR) is 86.2 cm³/mol. The minimum Gasteiger partial charge on any atom is -0.406 e. The van der Waals surface area contributed by atoms with Crippen LogP contribution in [0.15, 0.2) is 58.0 Å². The Bertz CT molecular complexity index is 687. The molecule has 0 heterocycles. The van der Waals surface area contributed by atoms with Crippen molar-refractivity contribution in [1.82, 2.24) is 0 Å². The lowest BCUT2D eigenvalue weighted by molar-refractivity contribution is -0.274. The van der Waals surface area contributed by atoms with E-state index in [4.69, 9.17) is 5.73 Å². The highest BCUT2D eigenvalue weighted by Crippen LogP contribution is 2.23. The molecule has 0 aliphatic rings. The van der Waals surface area contributed by atoms with Gasteiger partial charge in [-0.15, -0.1) is 13.2 Å². The Morgan fingerprint density at radius 1 is 1.17 bits per heavy atom. The van der Waals surface area contributed by atoms with Gasteiger partial charge in [0.2, 0.25) is 0 Å². The van der Waals surface area contributed by atoms with Gasteiger partial charge >= 0.3 is 6.36 Å². The van der Waals surface area contributed by atoms with Crippen molar-refractivity contribution >= 4 is 27.6 Å². The van der Waals surface area contributed by atoms with Crippen molar-refractivity contribution in [3.8, 4) is 5.75 Å². The molecule has 0 aliphatic carbocycles. The Labute approximate surface area is 139 Å². The molecule has 0 saturated carbocycles. The van der Waals surface area contributed by atoms with Crippen LogP contribution in [0.2, 0.25) is 0 Å². The molecular formula is C15H13BrF3N3O. The van der Waals surface area contributed by atoms with E-state index in [0.29, 0.717) is 12.2 Å². The topological polar surface area (TPSA) is 59.6 Å². The second-order valence-electron chi connectivity index (χ2n) is 4.53. The van der Waals surface area contributed by atoms with Crippen LogP contribution >= 0.6 is 15.9 Å². The highest BCUT2D eigenvalue weighted by Gasteiger charge is 2.30. The van der Waals surface area contributed by atoms with Gasteiger partial charge in [0.05, 0.1) is 6.54 Å². The van der Waals surface area contributed by atoms with Crippen LogP contribution in [-0.4, -0.2) is 12.3 Å². The summed E-state index contributed by atoms with van der Waals surface area (Å²) in [6.45, 7) is 0.382. The number of ether oxygens (including phenoxy) is 1. The second-order valence-corrected chi connectivity index (χ2v) is 5.44. The van der Waals surface area contributed by atoms with Gasteiger partial charge < -0.3 is 15.8 Å². The number of guanidine groups is 1. The monoisotopic (exact) mass is 387 g/mol. The molecule has 2 aromatic rings. The summed E-state index contributed by atoms with van der Waals surface area (Å²) >= 11 is 3.36. The van der Waals surface area contributed by atoms with Crippen molar-refractivity contribution in [1.29, 1.82) is 0 Å². The van der Waals surface area contributed by atoms with Gasteiger partial charge in [-0.1, -0.05) is 28.1 Å². The quantitative estimate of drug-likeness (QED) is 0.608. The summed E-state index contributed by atoms with van der Waals surface area (Å²) in [6, 6.07) is 12.8. The number of halogens is 4. The van der Waals surface area contributed by atoms with Gasteiger partial charge in [-0.25, -0.2) is 4.99 Å². The fourth-order valence-electron chi connectivity index (χ4n) is 1.74. The van der Waals surface area contributed by atoms with Crippen molar-refractivity contribution in [3.05, 3.63) is 58.6 Å². The molecule has 0 bridgehead atoms. The molecule has 2 rings (SSSR count). The third-order valence-corrected chi connectivity index (χ3v) is 3.17. The first kappa shape index (κ1) is 17.1. The molecule has 0 aliphatic heterocycles. The zero-order valence-electron chi connectivity index (χ0n) is 11.8. The maximum absolute atomic E-state index is 12.1. The van der Waals surface area contributed by atoms with E-state index in [2.05, 4.69) is 31.0 Å². The van der Waals surface area contributed by atoms with Gasteiger partial charge in [0.15, 0.2) is 5.96 Å². The van der Waals surface area contributed by atoms with Crippen molar-refractivity contribution in [2.45, 2.75) is 12.9 Å². The Hall–Kier alpha value is -2.22. The van der Waals surface area contributed by atoms with Gasteiger partial charge in [0.1, 0.15) is 5.75 Å².